The van der Waals surface area contributed by atoms with Crippen LogP contribution in [0.4, 0.5) is 18.9 Å². The number of carbonyl (C=O) groups excluding carboxylic acids is 1. The summed E-state index contributed by atoms with van der Waals surface area (Å²) in [5.41, 5.74) is -1.16. The molecule has 0 aromatic heterocycles. The molecule has 1 saturated heterocycles. The molecular formula is C14H18ClF3N2O2. The molecule has 1 aliphatic heterocycles. The summed E-state index contributed by atoms with van der Waals surface area (Å²) in [6.45, 7) is 1.46. The standard InChI is InChI=1S/C14H17F3N2O2.ClH/c1-21-8-14(2-4-18-5-3-14)13(20)19-12-7-10(16)9(15)6-11(12)17;/h6-7,18H,2-5,8H2,1H3,(H,19,20);1H. The summed E-state index contributed by atoms with van der Waals surface area (Å²) in [6, 6.07) is 1.06. The molecule has 2 rings (SSSR count). The van der Waals surface area contributed by atoms with E-state index in [1.54, 1.807) is 0 Å². The van der Waals surface area contributed by atoms with Crippen molar-refractivity contribution in [1.29, 1.82) is 0 Å². The summed E-state index contributed by atoms with van der Waals surface area (Å²) in [7, 11) is 1.48. The number of piperidine rings is 1. The lowest BCUT2D eigenvalue weighted by Gasteiger charge is -2.35. The smallest absolute Gasteiger partial charge is 0.233 e. The van der Waals surface area contributed by atoms with Gasteiger partial charge >= 0.3 is 0 Å². The SMILES string of the molecule is COCC1(C(=O)Nc2cc(F)c(F)cc2F)CCNCC1.Cl. The summed E-state index contributed by atoms with van der Waals surface area (Å²) in [5, 5.41) is 5.47. The van der Waals surface area contributed by atoms with Gasteiger partial charge in [-0.2, -0.15) is 0 Å². The van der Waals surface area contributed by atoms with Gasteiger partial charge in [0.1, 0.15) is 5.82 Å². The van der Waals surface area contributed by atoms with E-state index in [0.29, 0.717) is 38.1 Å². The monoisotopic (exact) mass is 338 g/mol. The normalized spacial score (nSPS) is 16.7. The average molecular weight is 339 g/mol. The fourth-order valence-corrected chi connectivity index (χ4v) is 2.49. The highest BCUT2D eigenvalue weighted by Gasteiger charge is 2.40. The highest BCUT2D eigenvalue weighted by Crippen LogP contribution is 2.31. The third-order valence-corrected chi connectivity index (χ3v) is 3.72. The van der Waals surface area contributed by atoms with Crippen LogP contribution >= 0.6 is 12.4 Å². The first-order chi connectivity index (χ1) is 9.98. The number of rotatable bonds is 4. The Labute approximate surface area is 132 Å². The van der Waals surface area contributed by atoms with Gasteiger partial charge in [0.2, 0.25) is 5.91 Å². The zero-order valence-electron chi connectivity index (χ0n) is 12.0. The maximum absolute atomic E-state index is 13.6. The molecule has 0 bridgehead atoms. The van der Waals surface area contributed by atoms with Crippen LogP contribution in [-0.4, -0.2) is 32.7 Å². The van der Waals surface area contributed by atoms with Gasteiger partial charge in [-0.1, -0.05) is 0 Å². The number of nitrogens with one attached hydrogen (secondary N) is 2. The summed E-state index contributed by atoms with van der Waals surface area (Å²) in [5.74, 6) is -3.96. The van der Waals surface area contributed by atoms with Crippen LogP contribution in [-0.2, 0) is 9.53 Å². The van der Waals surface area contributed by atoms with Crippen LogP contribution in [0.1, 0.15) is 12.8 Å². The Balaban J connectivity index is 0.00000242. The van der Waals surface area contributed by atoms with Gasteiger partial charge in [0, 0.05) is 19.2 Å². The number of hydrogen-bond donors (Lipinski definition) is 2. The van der Waals surface area contributed by atoms with Crippen molar-refractivity contribution in [2.75, 3.05) is 32.1 Å². The van der Waals surface area contributed by atoms with Gasteiger partial charge in [0.15, 0.2) is 11.6 Å². The van der Waals surface area contributed by atoms with Gasteiger partial charge in [-0.05, 0) is 25.9 Å². The van der Waals surface area contributed by atoms with Crippen molar-refractivity contribution in [3.8, 4) is 0 Å². The first kappa shape index (κ1) is 18.7. The fourth-order valence-electron chi connectivity index (χ4n) is 2.49. The summed E-state index contributed by atoms with van der Waals surface area (Å²) >= 11 is 0. The van der Waals surface area contributed by atoms with Crippen LogP contribution in [0, 0.1) is 22.9 Å². The Morgan fingerprint density at radius 3 is 2.41 bits per heavy atom. The van der Waals surface area contributed by atoms with E-state index in [2.05, 4.69) is 10.6 Å². The van der Waals surface area contributed by atoms with Gasteiger partial charge in [-0.25, -0.2) is 13.2 Å². The van der Waals surface area contributed by atoms with E-state index >= 15 is 0 Å². The van der Waals surface area contributed by atoms with E-state index in [1.165, 1.54) is 7.11 Å². The van der Waals surface area contributed by atoms with Crippen LogP contribution in [0.3, 0.4) is 0 Å². The summed E-state index contributed by atoms with van der Waals surface area (Å²) in [6.07, 6.45) is 1.05. The van der Waals surface area contributed by atoms with Crippen molar-refractivity contribution in [3.63, 3.8) is 0 Å². The van der Waals surface area contributed by atoms with Gasteiger partial charge in [0.25, 0.3) is 0 Å². The van der Waals surface area contributed by atoms with Crippen molar-refractivity contribution < 1.29 is 22.7 Å². The molecule has 1 heterocycles. The molecule has 0 atom stereocenters. The van der Waals surface area contributed by atoms with E-state index in [4.69, 9.17) is 4.74 Å². The fraction of sp³-hybridized carbons (Fsp3) is 0.500. The number of methoxy groups -OCH3 is 1. The van der Waals surface area contributed by atoms with Crippen molar-refractivity contribution in [1.82, 2.24) is 5.32 Å². The highest BCUT2D eigenvalue weighted by atomic mass is 35.5. The number of amides is 1. The summed E-state index contributed by atoms with van der Waals surface area (Å²) in [4.78, 5) is 12.4. The molecule has 2 N–H and O–H groups in total. The number of anilines is 1. The van der Waals surface area contributed by atoms with Crippen molar-refractivity contribution in [2.24, 2.45) is 5.41 Å². The topological polar surface area (TPSA) is 50.4 Å². The second-order valence-electron chi connectivity index (χ2n) is 5.16. The number of carbonyl (C=O) groups is 1. The largest absolute Gasteiger partial charge is 0.384 e. The van der Waals surface area contributed by atoms with Crippen LogP contribution in [0.2, 0.25) is 0 Å². The number of hydrogen-bond acceptors (Lipinski definition) is 3. The Hall–Kier alpha value is -1.31. The Morgan fingerprint density at radius 2 is 1.82 bits per heavy atom. The van der Waals surface area contributed by atoms with Gasteiger partial charge < -0.3 is 15.4 Å². The van der Waals surface area contributed by atoms with Crippen molar-refractivity contribution >= 4 is 24.0 Å². The molecule has 0 radical (unpaired) electrons. The van der Waals surface area contributed by atoms with Crippen LogP contribution in [0.15, 0.2) is 12.1 Å². The molecule has 22 heavy (non-hydrogen) atoms. The second-order valence-corrected chi connectivity index (χ2v) is 5.16. The predicted molar refractivity (Wildman–Crippen MR) is 78.6 cm³/mol. The number of ether oxygens (including phenoxy) is 1. The molecular weight excluding hydrogens is 321 g/mol. The van der Waals surface area contributed by atoms with Gasteiger partial charge in [-0.15, -0.1) is 12.4 Å². The quantitative estimate of drug-likeness (QED) is 0.829. The third kappa shape index (κ3) is 3.91. The molecule has 1 aromatic carbocycles. The zero-order valence-corrected chi connectivity index (χ0v) is 12.9. The van der Waals surface area contributed by atoms with E-state index in [0.717, 1.165) is 0 Å². The lowest BCUT2D eigenvalue weighted by atomic mass is 9.78. The summed E-state index contributed by atoms with van der Waals surface area (Å²) < 4.78 is 44.8. The van der Waals surface area contributed by atoms with Gasteiger partial charge in [-0.3, -0.25) is 4.79 Å². The first-order valence-electron chi connectivity index (χ1n) is 6.64. The van der Waals surface area contributed by atoms with Crippen LogP contribution < -0.4 is 10.6 Å². The lowest BCUT2D eigenvalue weighted by molar-refractivity contribution is -0.130. The minimum Gasteiger partial charge on any atom is -0.384 e. The molecule has 8 heteroatoms. The van der Waals surface area contributed by atoms with Crippen LogP contribution in [0.5, 0.6) is 0 Å². The molecule has 1 aliphatic rings. The minimum absolute atomic E-state index is 0. The Morgan fingerprint density at radius 1 is 1.23 bits per heavy atom. The Bertz CT molecular complexity index is 532. The third-order valence-electron chi connectivity index (χ3n) is 3.72. The maximum atomic E-state index is 13.6. The number of benzene rings is 1. The zero-order chi connectivity index (χ0) is 15.5. The molecule has 1 aromatic rings. The average Bonchev–Trinajstić information content (AvgIpc) is 2.46. The Kier molecular flexibility index (Phi) is 6.65. The molecule has 0 spiro atoms. The molecule has 0 saturated carbocycles. The maximum Gasteiger partial charge on any atom is 0.233 e. The predicted octanol–water partition coefficient (Wildman–Crippen LogP) is 2.48. The molecule has 124 valence electrons. The number of halogens is 4. The lowest BCUT2D eigenvalue weighted by Crippen LogP contribution is -2.47. The first-order valence-corrected chi connectivity index (χ1v) is 6.64. The second kappa shape index (κ2) is 7.80. The van der Waals surface area contributed by atoms with Crippen LogP contribution in [0.25, 0.3) is 0 Å². The van der Waals surface area contributed by atoms with E-state index in [9.17, 15) is 18.0 Å². The molecule has 1 amide bonds. The van der Waals surface area contributed by atoms with Crippen molar-refractivity contribution in [2.45, 2.75) is 12.8 Å². The molecule has 1 fully saturated rings. The molecule has 4 nitrogen and oxygen atoms in total. The minimum atomic E-state index is -1.29. The van der Waals surface area contributed by atoms with E-state index in [-0.39, 0.29) is 24.7 Å². The molecule has 0 unspecified atom stereocenters. The van der Waals surface area contributed by atoms with Gasteiger partial charge in [0.05, 0.1) is 17.7 Å². The van der Waals surface area contributed by atoms with E-state index in [1.807, 2.05) is 0 Å². The molecule has 0 aliphatic carbocycles. The van der Waals surface area contributed by atoms with E-state index < -0.39 is 28.8 Å². The van der Waals surface area contributed by atoms with Crippen molar-refractivity contribution in [3.05, 3.63) is 29.6 Å². The highest BCUT2D eigenvalue weighted by molar-refractivity contribution is 5.95.